The molecule has 0 aliphatic rings. The van der Waals surface area contributed by atoms with E-state index >= 15 is 0 Å². The minimum Gasteiger partial charge on any atom is -0.319 e. The van der Waals surface area contributed by atoms with Gasteiger partial charge in [-0.25, -0.2) is 4.39 Å². The van der Waals surface area contributed by atoms with Crippen LogP contribution in [0.15, 0.2) is 24.4 Å². The topological polar surface area (TPSA) is 47.1 Å². The van der Waals surface area contributed by atoms with Crippen LogP contribution in [-0.2, 0) is 6.54 Å². The summed E-state index contributed by atoms with van der Waals surface area (Å²) in [5.41, 5.74) is 7.49. The molecule has 1 aromatic carbocycles. The van der Waals surface area contributed by atoms with E-state index in [1.807, 2.05) is 19.0 Å². The molecule has 0 amide bonds. The van der Waals surface area contributed by atoms with Crippen LogP contribution < -0.4 is 5.73 Å². The van der Waals surface area contributed by atoms with Gasteiger partial charge in [-0.05, 0) is 31.8 Å². The molecule has 1 unspecified atom stereocenters. The fraction of sp³-hybridized carbons (Fsp3) is 0.357. The Kier molecular flexibility index (Phi) is 5.22. The quantitative estimate of drug-likeness (QED) is 0.916. The zero-order chi connectivity index (χ0) is 15.6. The van der Waals surface area contributed by atoms with Crippen LogP contribution >= 0.6 is 23.2 Å². The van der Waals surface area contributed by atoms with Crippen molar-refractivity contribution in [3.8, 4) is 0 Å². The SMILES string of the molecule is CN(C)CCn1ncc(Cl)c1C(N)c1ccc(Cl)c(F)c1. The number of halogens is 3. The summed E-state index contributed by atoms with van der Waals surface area (Å²) < 4.78 is 15.3. The average molecular weight is 331 g/mol. The predicted octanol–water partition coefficient (Wildman–Crippen LogP) is 2.94. The number of hydrogen-bond donors (Lipinski definition) is 1. The maximum atomic E-state index is 13.6. The van der Waals surface area contributed by atoms with E-state index in [0.29, 0.717) is 22.8 Å². The Morgan fingerprint density at radius 2 is 2.05 bits per heavy atom. The number of rotatable bonds is 5. The third-order valence-corrected chi connectivity index (χ3v) is 3.79. The third-order valence-electron chi connectivity index (χ3n) is 3.19. The first-order valence-electron chi connectivity index (χ1n) is 6.46. The molecule has 114 valence electrons. The van der Waals surface area contributed by atoms with E-state index in [2.05, 4.69) is 5.10 Å². The highest BCUT2D eigenvalue weighted by atomic mass is 35.5. The maximum absolute atomic E-state index is 13.6. The van der Waals surface area contributed by atoms with Gasteiger partial charge < -0.3 is 10.6 Å². The Bertz CT molecular complexity index is 627. The molecule has 2 rings (SSSR count). The van der Waals surface area contributed by atoms with Crippen LogP contribution in [0.5, 0.6) is 0 Å². The Morgan fingerprint density at radius 3 is 2.67 bits per heavy atom. The molecule has 4 nitrogen and oxygen atoms in total. The van der Waals surface area contributed by atoms with Crippen LogP contribution in [0.1, 0.15) is 17.3 Å². The van der Waals surface area contributed by atoms with Crippen molar-refractivity contribution in [1.29, 1.82) is 0 Å². The van der Waals surface area contributed by atoms with Crippen molar-refractivity contribution in [3.63, 3.8) is 0 Å². The van der Waals surface area contributed by atoms with E-state index < -0.39 is 11.9 Å². The van der Waals surface area contributed by atoms with Crippen molar-refractivity contribution >= 4 is 23.2 Å². The second-order valence-electron chi connectivity index (χ2n) is 5.06. The largest absolute Gasteiger partial charge is 0.319 e. The number of hydrogen-bond acceptors (Lipinski definition) is 3. The lowest BCUT2D eigenvalue weighted by atomic mass is 10.0. The molecule has 0 fully saturated rings. The van der Waals surface area contributed by atoms with Crippen molar-refractivity contribution in [2.24, 2.45) is 5.73 Å². The van der Waals surface area contributed by atoms with Crippen LogP contribution in [0.4, 0.5) is 4.39 Å². The second-order valence-corrected chi connectivity index (χ2v) is 5.87. The molecule has 0 saturated carbocycles. The minimum absolute atomic E-state index is 0.0677. The van der Waals surface area contributed by atoms with Crippen LogP contribution in [0.2, 0.25) is 10.0 Å². The van der Waals surface area contributed by atoms with E-state index in [9.17, 15) is 4.39 Å². The van der Waals surface area contributed by atoms with Gasteiger partial charge in [0, 0.05) is 6.54 Å². The van der Waals surface area contributed by atoms with Gasteiger partial charge in [0.25, 0.3) is 0 Å². The summed E-state index contributed by atoms with van der Waals surface area (Å²) in [6.07, 6.45) is 1.55. The van der Waals surface area contributed by atoms with Gasteiger partial charge >= 0.3 is 0 Å². The summed E-state index contributed by atoms with van der Waals surface area (Å²) in [5.74, 6) is -0.500. The lowest BCUT2D eigenvalue weighted by Gasteiger charge is -2.17. The molecule has 0 aliphatic heterocycles. The standard InChI is InChI=1S/C14H17Cl2FN4/c1-20(2)5-6-21-14(11(16)8-19-21)13(18)9-3-4-10(15)12(17)7-9/h3-4,7-8,13H,5-6,18H2,1-2H3. The Labute approximate surface area is 133 Å². The van der Waals surface area contributed by atoms with Gasteiger partial charge in [0.15, 0.2) is 0 Å². The zero-order valence-electron chi connectivity index (χ0n) is 11.9. The lowest BCUT2D eigenvalue weighted by Crippen LogP contribution is -2.23. The molecule has 0 aliphatic carbocycles. The number of nitrogens with two attached hydrogens (primary N) is 1. The molecule has 1 heterocycles. The molecule has 7 heteroatoms. The third kappa shape index (κ3) is 3.74. The molecule has 2 N–H and O–H groups in total. The van der Waals surface area contributed by atoms with Gasteiger partial charge in [0.2, 0.25) is 0 Å². The van der Waals surface area contributed by atoms with Gasteiger partial charge in [0.1, 0.15) is 5.82 Å². The number of likely N-dealkylation sites (N-methyl/N-ethyl adjacent to an activating group) is 1. The highest BCUT2D eigenvalue weighted by Crippen LogP contribution is 2.28. The number of aromatic nitrogens is 2. The summed E-state index contributed by atoms with van der Waals surface area (Å²) in [6.45, 7) is 1.45. The Balaban J connectivity index is 2.31. The summed E-state index contributed by atoms with van der Waals surface area (Å²) in [7, 11) is 3.94. The minimum atomic E-state index is -0.561. The van der Waals surface area contributed by atoms with Crippen LogP contribution in [0.3, 0.4) is 0 Å². The van der Waals surface area contributed by atoms with E-state index in [0.717, 1.165) is 6.54 Å². The predicted molar refractivity (Wildman–Crippen MR) is 83.2 cm³/mol. The van der Waals surface area contributed by atoms with Crippen LogP contribution in [0.25, 0.3) is 0 Å². The van der Waals surface area contributed by atoms with Crippen molar-refractivity contribution in [2.45, 2.75) is 12.6 Å². The van der Waals surface area contributed by atoms with Gasteiger partial charge in [-0.3, -0.25) is 4.68 Å². The fourth-order valence-electron chi connectivity index (χ4n) is 2.02. The van der Waals surface area contributed by atoms with Crippen molar-refractivity contribution in [2.75, 3.05) is 20.6 Å². The van der Waals surface area contributed by atoms with Crippen molar-refractivity contribution in [1.82, 2.24) is 14.7 Å². The molecule has 1 aromatic heterocycles. The Morgan fingerprint density at radius 1 is 1.33 bits per heavy atom. The van der Waals surface area contributed by atoms with Gasteiger partial charge in [-0.1, -0.05) is 29.3 Å². The summed E-state index contributed by atoms with van der Waals surface area (Å²) in [5, 5.41) is 4.77. The van der Waals surface area contributed by atoms with Gasteiger partial charge in [0.05, 0.1) is 34.5 Å². The highest BCUT2D eigenvalue weighted by Gasteiger charge is 2.19. The van der Waals surface area contributed by atoms with Crippen molar-refractivity contribution < 1.29 is 4.39 Å². The first-order valence-corrected chi connectivity index (χ1v) is 7.22. The number of nitrogens with zero attached hydrogens (tertiary/aromatic N) is 3. The fourth-order valence-corrected chi connectivity index (χ4v) is 2.39. The number of benzene rings is 1. The summed E-state index contributed by atoms with van der Waals surface area (Å²) in [6, 6.07) is 3.94. The second kappa shape index (κ2) is 6.75. The summed E-state index contributed by atoms with van der Waals surface area (Å²) >= 11 is 11.9. The molecule has 0 saturated heterocycles. The van der Waals surface area contributed by atoms with E-state index in [1.165, 1.54) is 12.1 Å². The molecule has 2 aromatic rings. The molecule has 0 spiro atoms. The van der Waals surface area contributed by atoms with Gasteiger partial charge in [-0.2, -0.15) is 5.10 Å². The first-order chi connectivity index (χ1) is 9.90. The van der Waals surface area contributed by atoms with Crippen LogP contribution in [0, 0.1) is 5.82 Å². The highest BCUT2D eigenvalue weighted by molar-refractivity contribution is 6.31. The lowest BCUT2D eigenvalue weighted by molar-refractivity contribution is 0.368. The molecule has 0 radical (unpaired) electrons. The van der Waals surface area contributed by atoms with Crippen molar-refractivity contribution in [3.05, 3.63) is 51.5 Å². The average Bonchev–Trinajstić information content (AvgIpc) is 2.80. The normalized spacial score (nSPS) is 12.9. The first kappa shape index (κ1) is 16.2. The maximum Gasteiger partial charge on any atom is 0.142 e. The molecular weight excluding hydrogens is 314 g/mol. The Hall–Kier alpha value is -1.14. The zero-order valence-corrected chi connectivity index (χ0v) is 13.4. The van der Waals surface area contributed by atoms with E-state index in [1.54, 1.807) is 16.9 Å². The molecule has 1 atom stereocenters. The van der Waals surface area contributed by atoms with E-state index in [4.69, 9.17) is 28.9 Å². The summed E-state index contributed by atoms with van der Waals surface area (Å²) in [4.78, 5) is 2.03. The smallest absolute Gasteiger partial charge is 0.142 e. The van der Waals surface area contributed by atoms with Gasteiger partial charge in [-0.15, -0.1) is 0 Å². The monoisotopic (exact) mass is 330 g/mol. The molecule has 0 bridgehead atoms. The van der Waals surface area contributed by atoms with Crippen LogP contribution in [-0.4, -0.2) is 35.3 Å². The van der Waals surface area contributed by atoms with E-state index in [-0.39, 0.29) is 5.02 Å². The molecule has 21 heavy (non-hydrogen) atoms. The molecular formula is C14H17Cl2FN4.